The van der Waals surface area contributed by atoms with Crippen LogP contribution in [0.2, 0.25) is 0 Å². The molecule has 1 N–H and O–H groups in total. The van der Waals surface area contributed by atoms with Gasteiger partial charge in [0.15, 0.2) is 0 Å². The Kier molecular flexibility index (Phi) is 4.51. The molecule has 1 amide bonds. The second kappa shape index (κ2) is 5.90. The third kappa shape index (κ3) is 2.82. The largest absolute Gasteiger partial charge is 0.494 e. The Morgan fingerprint density at radius 2 is 2.25 bits per heavy atom. The number of aldehydes is 1. The van der Waals surface area contributed by atoms with Crippen molar-refractivity contribution in [2.45, 2.75) is 19.8 Å². The minimum absolute atomic E-state index is 0.242. The molecule has 86 valence electrons. The standard InChI is InChI=1S/C12H15NO3/c1-3-5-9-6-4-7-10(12(9)16-2)13-11(15)8-14/h4,6-8H,3,5H2,1-2H3,(H,13,15). The smallest absolute Gasteiger partial charge is 0.288 e. The molecule has 0 aliphatic heterocycles. The van der Waals surface area contributed by atoms with E-state index in [0.717, 1.165) is 18.4 Å². The van der Waals surface area contributed by atoms with Gasteiger partial charge in [0, 0.05) is 0 Å². The summed E-state index contributed by atoms with van der Waals surface area (Å²) in [6.07, 6.45) is 2.10. The molecule has 1 aromatic carbocycles. The quantitative estimate of drug-likeness (QED) is 0.609. The number of carbonyl (C=O) groups excluding carboxylic acids is 2. The minimum Gasteiger partial charge on any atom is -0.494 e. The molecule has 0 aliphatic carbocycles. The summed E-state index contributed by atoms with van der Waals surface area (Å²) in [4.78, 5) is 21.3. The number of ether oxygens (including phenoxy) is 1. The predicted molar refractivity (Wildman–Crippen MR) is 61.7 cm³/mol. The number of anilines is 1. The van der Waals surface area contributed by atoms with Crippen LogP contribution in [0.5, 0.6) is 5.75 Å². The van der Waals surface area contributed by atoms with Crippen molar-refractivity contribution in [3.8, 4) is 5.75 Å². The van der Waals surface area contributed by atoms with Crippen LogP contribution in [0.3, 0.4) is 0 Å². The molecule has 1 aromatic rings. The van der Waals surface area contributed by atoms with Gasteiger partial charge in [-0.25, -0.2) is 0 Å². The van der Waals surface area contributed by atoms with Crippen molar-refractivity contribution in [3.05, 3.63) is 23.8 Å². The second-order valence-electron chi connectivity index (χ2n) is 3.36. The van der Waals surface area contributed by atoms with Crippen molar-refractivity contribution < 1.29 is 14.3 Å². The zero-order chi connectivity index (χ0) is 12.0. The van der Waals surface area contributed by atoms with Gasteiger partial charge in [0.05, 0.1) is 12.8 Å². The number of rotatable bonds is 5. The van der Waals surface area contributed by atoms with E-state index in [1.54, 1.807) is 13.2 Å². The third-order valence-corrected chi connectivity index (χ3v) is 2.18. The average Bonchev–Trinajstić information content (AvgIpc) is 2.29. The Balaban J connectivity index is 3.03. The number of carbonyl (C=O) groups is 2. The van der Waals surface area contributed by atoms with E-state index in [1.165, 1.54) is 0 Å². The summed E-state index contributed by atoms with van der Waals surface area (Å²) >= 11 is 0. The molecule has 0 saturated carbocycles. The number of hydrogen-bond donors (Lipinski definition) is 1. The van der Waals surface area contributed by atoms with Crippen LogP contribution in [0, 0.1) is 0 Å². The summed E-state index contributed by atoms with van der Waals surface area (Å²) in [5.74, 6) is -0.0495. The highest BCUT2D eigenvalue weighted by Gasteiger charge is 2.10. The maximum Gasteiger partial charge on any atom is 0.288 e. The van der Waals surface area contributed by atoms with Gasteiger partial charge in [-0.3, -0.25) is 9.59 Å². The molecule has 16 heavy (non-hydrogen) atoms. The van der Waals surface area contributed by atoms with Gasteiger partial charge in [-0.15, -0.1) is 0 Å². The lowest BCUT2D eigenvalue weighted by molar-refractivity contribution is -0.127. The van der Waals surface area contributed by atoms with Crippen LogP contribution in [-0.4, -0.2) is 19.3 Å². The molecule has 0 unspecified atom stereocenters. The van der Waals surface area contributed by atoms with Gasteiger partial charge in [0.1, 0.15) is 5.75 Å². The first-order valence-electron chi connectivity index (χ1n) is 5.15. The van der Waals surface area contributed by atoms with Gasteiger partial charge in [-0.1, -0.05) is 25.5 Å². The van der Waals surface area contributed by atoms with Gasteiger partial charge in [0.25, 0.3) is 5.91 Å². The predicted octanol–water partition coefficient (Wildman–Crippen LogP) is 1.79. The highest BCUT2D eigenvalue weighted by molar-refractivity contribution is 6.29. The van der Waals surface area contributed by atoms with E-state index < -0.39 is 5.91 Å². The Morgan fingerprint density at radius 3 is 2.81 bits per heavy atom. The normalized spacial score (nSPS) is 9.62. The Morgan fingerprint density at radius 1 is 1.50 bits per heavy atom. The molecule has 0 aromatic heterocycles. The first-order valence-corrected chi connectivity index (χ1v) is 5.15. The zero-order valence-electron chi connectivity index (χ0n) is 9.45. The topological polar surface area (TPSA) is 55.4 Å². The number of methoxy groups -OCH3 is 1. The van der Waals surface area contributed by atoms with Crippen LogP contribution >= 0.6 is 0 Å². The molecule has 0 radical (unpaired) electrons. The molecule has 0 spiro atoms. The van der Waals surface area contributed by atoms with E-state index in [2.05, 4.69) is 12.2 Å². The van der Waals surface area contributed by atoms with Gasteiger partial charge >= 0.3 is 0 Å². The fourth-order valence-electron chi connectivity index (χ4n) is 1.55. The molecule has 0 fully saturated rings. The lowest BCUT2D eigenvalue weighted by Gasteiger charge is -2.12. The molecular weight excluding hydrogens is 206 g/mol. The fourth-order valence-corrected chi connectivity index (χ4v) is 1.55. The molecular formula is C12H15NO3. The van der Waals surface area contributed by atoms with Gasteiger partial charge < -0.3 is 10.1 Å². The summed E-state index contributed by atoms with van der Waals surface area (Å²) in [6.45, 7) is 2.07. The Hall–Kier alpha value is -1.84. The van der Waals surface area contributed by atoms with Crippen LogP contribution in [0.15, 0.2) is 18.2 Å². The summed E-state index contributed by atoms with van der Waals surface area (Å²) in [6, 6.07) is 5.48. The monoisotopic (exact) mass is 221 g/mol. The first kappa shape index (κ1) is 12.2. The molecule has 0 aliphatic rings. The Bertz CT molecular complexity index is 388. The lowest BCUT2D eigenvalue weighted by atomic mass is 10.1. The van der Waals surface area contributed by atoms with Crippen LogP contribution < -0.4 is 10.1 Å². The van der Waals surface area contributed by atoms with E-state index in [4.69, 9.17) is 4.74 Å². The highest BCUT2D eigenvalue weighted by Crippen LogP contribution is 2.29. The number of nitrogens with one attached hydrogen (secondary N) is 1. The second-order valence-corrected chi connectivity index (χ2v) is 3.36. The van der Waals surface area contributed by atoms with E-state index >= 15 is 0 Å². The molecule has 0 bridgehead atoms. The molecule has 4 nitrogen and oxygen atoms in total. The van der Waals surface area contributed by atoms with Gasteiger partial charge in [-0.05, 0) is 18.1 Å². The van der Waals surface area contributed by atoms with E-state index in [-0.39, 0.29) is 6.29 Å². The molecule has 4 heteroatoms. The van der Waals surface area contributed by atoms with Crippen LogP contribution in [0.25, 0.3) is 0 Å². The number of benzene rings is 1. The maximum atomic E-state index is 11.0. The summed E-state index contributed by atoms with van der Waals surface area (Å²) in [5, 5.41) is 2.48. The van der Waals surface area contributed by atoms with Crippen molar-refractivity contribution in [1.82, 2.24) is 0 Å². The minimum atomic E-state index is -0.674. The van der Waals surface area contributed by atoms with Crippen molar-refractivity contribution in [2.24, 2.45) is 0 Å². The van der Waals surface area contributed by atoms with Gasteiger partial charge in [-0.2, -0.15) is 0 Å². The average molecular weight is 221 g/mol. The first-order chi connectivity index (χ1) is 7.72. The lowest BCUT2D eigenvalue weighted by Crippen LogP contribution is -2.13. The molecule has 1 rings (SSSR count). The highest BCUT2D eigenvalue weighted by atomic mass is 16.5. The number of para-hydroxylation sites is 1. The van der Waals surface area contributed by atoms with E-state index in [1.807, 2.05) is 12.1 Å². The SMILES string of the molecule is CCCc1cccc(NC(=O)C=O)c1OC. The molecule has 0 atom stereocenters. The number of hydrogen-bond acceptors (Lipinski definition) is 3. The van der Waals surface area contributed by atoms with Gasteiger partial charge in [0.2, 0.25) is 6.29 Å². The van der Waals surface area contributed by atoms with Crippen molar-refractivity contribution >= 4 is 17.9 Å². The Labute approximate surface area is 94.6 Å². The van der Waals surface area contributed by atoms with Crippen molar-refractivity contribution in [3.63, 3.8) is 0 Å². The molecule has 0 saturated heterocycles. The summed E-state index contributed by atoms with van der Waals surface area (Å²) in [7, 11) is 1.55. The van der Waals surface area contributed by atoms with Crippen LogP contribution in [0.4, 0.5) is 5.69 Å². The van der Waals surface area contributed by atoms with Crippen molar-refractivity contribution in [2.75, 3.05) is 12.4 Å². The zero-order valence-corrected chi connectivity index (χ0v) is 9.45. The summed E-state index contributed by atoms with van der Waals surface area (Å²) in [5.41, 5.74) is 1.55. The van der Waals surface area contributed by atoms with Crippen LogP contribution in [-0.2, 0) is 16.0 Å². The fraction of sp³-hybridized carbons (Fsp3) is 0.333. The van der Waals surface area contributed by atoms with Crippen molar-refractivity contribution in [1.29, 1.82) is 0 Å². The van der Waals surface area contributed by atoms with E-state index in [9.17, 15) is 9.59 Å². The van der Waals surface area contributed by atoms with E-state index in [0.29, 0.717) is 11.4 Å². The number of amides is 1. The third-order valence-electron chi connectivity index (χ3n) is 2.18. The summed E-state index contributed by atoms with van der Waals surface area (Å²) < 4.78 is 5.24. The van der Waals surface area contributed by atoms with Crippen LogP contribution in [0.1, 0.15) is 18.9 Å². The number of aryl methyl sites for hydroxylation is 1. The molecule has 0 heterocycles. The maximum absolute atomic E-state index is 11.0.